The summed E-state index contributed by atoms with van der Waals surface area (Å²) >= 11 is 1.93. The summed E-state index contributed by atoms with van der Waals surface area (Å²) in [7, 11) is 0. The highest BCUT2D eigenvalue weighted by Gasteiger charge is 2.34. The predicted octanol–water partition coefficient (Wildman–Crippen LogP) is 10.2. The van der Waals surface area contributed by atoms with Gasteiger partial charge in [0.05, 0.1) is 5.70 Å². The zero-order chi connectivity index (χ0) is 26.5. The minimum absolute atomic E-state index is 0.154. The third kappa shape index (κ3) is 3.82. The molecule has 0 aromatic heterocycles. The van der Waals surface area contributed by atoms with Crippen LogP contribution in [-0.4, -0.2) is 0 Å². The Morgan fingerprint density at radius 1 is 0.525 bits per heavy atom. The van der Waals surface area contributed by atoms with Gasteiger partial charge in [-0.05, 0) is 69.4 Å². The van der Waals surface area contributed by atoms with E-state index in [9.17, 15) is 0 Å². The van der Waals surface area contributed by atoms with Crippen molar-refractivity contribution in [1.29, 1.82) is 0 Å². The predicted molar refractivity (Wildman–Crippen MR) is 171 cm³/mol. The fourth-order valence-electron chi connectivity index (χ4n) is 6.00. The van der Waals surface area contributed by atoms with Gasteiger partial charge in [0.15, 0.2) is 0 Å². The highest BCUT2D eigenvalue weighted by molar-refractivity contribution is 8.09. The molecule has 1 atom stereocenters. The molecular formula is C37H26N2S. The number of hydrogen-bond donors (Lipinski definition) is 1. The number of anilines is 3. The quantitative estimate of drug-likeness (QED) is 0.239. The molecule has 1 aliphatic heterocycles. The summed E-state index contributed by atoms with van der Waals surface area (Å²) in [6.07, 6.45) is 0. The molecule has 3 heteroatoms. The van der Waals surface area contributed by atoms with E-state index in [0.717, 1.165) is 17.1 Å². The van der Waals surface area contributed by atoms with Crippen LogP contribution >= 0.6 is 11.8 Å². The molecule has 0 radical (unpaired) electrons. The fourth-order valence-corrected chi connectivity index (χ4v) is 7.28. The summed E-state index contributed by atoms with van der Waals surface area (Å²) < 4.78 is 0. The number of para-hydroxylation sites is 1. The van der Waals surface area contributed by atoms with E-state index in [1.807, 2.05) is 11.8 Å². The fraction of sp³-hybridized carbons (Fsp3) is 0.0270. The van der Waals surface area contributed by atoms with Gasteiger partial charge in [0, 0.05) is 27.5 Å². The average molecular weight is 531 g/mol. The second-order valence-corrected chi connectivity index (χ2v) is 11.4. The molecule has 6 aromatic rings. The zero-order valence-corrected chi connectivity index (χ0v) is 22.6. The normalized spacial score (nSPS) is 15.2. The number of nitrogens with zero attached hydrogens (tertiary/aromatic N) is 1. The Balaban J connectivity index is 1.17. The maximum atomic E-state index is 3.88. The Bertz CT molecular complexity index is 1860. The van der Waals surface area contributed by atoms with E-state index in [4.69, 9.17) is 0 Å². The second-order valence-electron chi connectivity index (χ2n) is 10.2. The van der Waals surface area contributed by atoms with Gasteiger partial charge in [0.2, 0.25) is 0 Å². The van der Waals surface area contributed by atoms with E-state index >= 15 is 0 Å². The molecule has 0 saturated heterocycles. The zero-order valence-electron chi connectivity index (χ0n) is 21.8. The Kier molecular flexibility index (Phi) is 5.49. The van der Waals surface area contributed by atoms with Crippen LogP contribution in [0, 0.1) is 0 Å². The van der Waals surface area contributed by atoms with E-state index in [-0.39, 0.29) is 5.37 Å². The van der Waals surface area contributed by atoms with Crippen LogP contribution in [0.3, 0.4) is 0 Å². The van der Waals surface area contributed by atoms with Crippen molar-refractivity contribution in [3.63, 3.8) is 0 Å². The van der Waals surface area contributed by atoms with Crippen LogP contribution < -0.4 is 10.2 Å². The Labute approximate surface area is 238 Å². The van der Waals surface area contributed by atoms with E-state index < -0.39 is 0 Å². The van der Waals surface area contributed by atoms with Crippen LogP contribution in [0.1, 0.15) is 22.1 Å². The molecule has 0 spiro atoms. The molecule has 0 fully saturated rings. The maximum absolute atomic E-state index is 3.88. The molecule has 190 valence electrons. The molecule has 1 N–H and O–H groups in total. The molecule has 6 aromatic carbocycles. The van der Waals surface area contributed by atoms with Crippen molar-refractivity contribution in [3.05, 3.63) is 162 Å². The Morgan fingerprint density at radius 3 is 1.95 bits per heavy atom. The van der Waals surface area contributed by atoms with Gasteiger partial charge in [-0.15, -0.1) is 0 Å². The van der Waals surface area contributed by atoms with Crippen molar-refractivity contribution in [2.45, 2.75) is 5.37 Å². The smallest absolute Gasteiger partial charge is 0.103 e. The number of hydrogen-bond acceptors (Lipinski definition) is 3. The van der Waals surface area contributed by atoms with Crippen LogP contribution in [0.2, 0.25) is 0 Å². The molecule has 0 amide bonds. The molecular weight excluding hydrogens is 504 g/mol. The van der Waals surface area contributed by atoms with E-state index in [1.54, 1.807) is 0 Å². The Hall–Kier alpha value is -4.73. The van der Waals surface area contributed by atoms with E-state index in [0.29, 0.717) is 0 Å². The molecule has 0 bridgehead atoms. The molecule has 1 aliphatic carbocycles. The average Bonchev–Trinajstić information content (AvgIpc) is 3.59. The third-order valence-electron chi connectivity index (χ3n) is 7.81. The standard InChI is InChI=1S/C37H26N2S/c1-3-11-25(12-4-1)27-15-7-19-30(23-27)39(29-17-5-2-6-18-29)31-20-8-16-28(24-31)37-38-35-32-21-9-13-26-14-10-22-33(34(26)32)36(35)40-37/h1-24,37-38H. The van der Waals surface area contributed by atoms with Gasteiger partial charge >= 0.3 is 0 Å². The van der Waals surface area contributed by atoms with Gasteiger partial charge in [0.1, 0.15) is 5.37 Å². The minimum Gasteiger partial charge on any atom is -0.368 e. The van der Waals surface area contributed by atoms with Gasteiger partial charge in [-0.25, -0.2) is 0 Å². The lowest BCUT2D eigenvalue weighted by atomic mass is 10.0. The summed E-state index contributed by atoms with van der Waals surface area (Å²) in [5.41, 5.74) is 11.0. The van der Waals surface area contributed by atoms with Gasteiger partial charge in [-0.1, -0.05) is 121 Å². The topological polar surface area (TPSA) is 15.3 Å². The largest absolute Gasteiger partial charge is 0.368 e. The third-order valence-corrected chi connectivity index (χ3v) is 9.10. The van der Waals surface area contributed by atoms with Gasteiger partial charge in [0.25, 0.3) is 0 Å². The molecule has 40 heavy (non-hydrogen) atoms. The van der Waals surface area contributed by atoms with Crippen molar-refractivity contribution in [1.82, 2.24) is 5.32 Å². The summed E-state index contributed by atoms with van der Waals surface area (Å²) in [4.78, 5) is 3.71. The lowest BCUT2D eigenvalue weighted by Gasteiger charge is -2.27. The van der Waals surface area contributed by atoms with Crippen LogP contribution in [0.25, 0.3) is 32.5 Å². The lowest BCUT2D eigenvalue weighted by molar-refractivity contribution is 0.881. The first-order valence-corrected chi connectivity index (χ1v) is 14.5. The van der Waals surface area contributed by atoms with Crippen LogP contribution in [0.4, 0.5) is 17.1 Å². The van der Waals surface area contributed by atoms with Gasteiger partial charge in [-0.3, -0.25) is 0 Å². The molecule has 2 aliphatic rings. The maximum Gasteiger partial charge on any atom is 0.103 e. The van der Waals surface area contributed by atoms with Gasteiger partial charge < -0.3 is 10.2 Å². The van der Waals surface area contributed by atoms with Crippen molar-refractivity contribution >= 4 is 50.2 Å². The molecule has 8 rings (SSSR count). The number of fused-ring (bicyclic) bond motifs is 2. The molecule has 1 heterocycles. The lowest BCUT2D eigenvalue weighted by Crippen LogP contribution is -2.14. The van der Waals surface area contributed by atoms with Crippen molar-refractivity contribution in [2.24, 2.45) is 0 Å². The number of thioether (sulfide) groups is 1. The van der Waals surface area contributed by atoms with Crippen LogP contribution in [0.15, 0.2) is 146 Å². The van der Waals surface area contributed by atoms with Crippen molar-refractivity contribution in [3.8, 4) is 11.1 Å². The highest BCUT2D eigenvalue weighted by Crippen LogP contribution is 2.55. The molecule has 2 nitrogen and oxygen atoms in total. The monoisotopic (exact) mass is 530 g/mol. The SMILES string of the molecule is c1ccc(-c2cccc(N(c3ccccc3)c3cccc(C4NC5=C(S4)c4cccc6cccc5c46)c3)c2)cc1. The second kappa shape index (κ2) is 9.48. The number of benzene rings is 6. The molecule has 0 saturated carbocycles. The van der Waals surface area contributed by atoms with Crippen molar-refractivity contribution in [2.75, 3.05) is 4.90 Å². The summed E-state index contributed by atoms with van der Waals surface area (Å²) in [6, 6.07) is 52.3. The summed E-state index contributed by atoms with van der Waals surface area (Å²) in [5.74, 6) is 0. The minimum atomic E-state index is 0.154. The number of nitrogens with one attached hydrogen (secondary N) is 1. The van der Waals surface area contributed by atoms with Crippen LogP contribution in [0.5, 0.6) is 0 Å². The first-order valence-electron chi connectivity index (χ1n) is 13.6. The summed E-state index contributed by atoms with van der Waals surface area (Å²) in [6.45, 7) is 0. The van der Waals surface area contributed by atoms with Crippen molar-refractivity contribution < 1.29 is 0 Å². The number of rotatable bonds is 5. The first kappa shape index (κ1) is 23.2. The molecule has 1 unspecified atom stereocenters. The van der Waals surface area contributed by atoms with Crippen LogP contribution in [-0.2, 0) is 0 Å². The highest BCUT2D eigenvalue weighted by atomic mass is 32.2. The summed E-state index contributed by atoms with van der Waals surface area (Å²) in [5, 5.41) is 6.71. The Morgan fingerprint density at radius 2 is 1.15 bits per heavy atom. The van der Waals surface area contributed by atoms with E-state index in [1.165, 1.54) is 49.2 Å². The first-order chi connectivity index (χ1) is 19.8. The van der Waals surface area contributed by atoms with E-state index in [2.05, 4.69) is 156 Å². The van der Waals surface area contributed by atoms with Gasteiger partial charge in [-0.2, -0.15) is 0 Å².